The number of piperidine rings is 1. The summed E-state index contributed by atoms with van der Waals surface area (Å²) < 4.78 is -0.284. The predicted molar refractivity (Wildman–Crippen MR) is 52.9 cm³/mol. The molecule has 3 unspecified atom stereocenters. The van der Waals surface area contributed by atoms with Gasteiger partial charge >= 0.3 is 0 Å². The summed E-state index contributed by atoms with van der Waals surface area (Å²) >= 11 is 0. The van der Waals surface area contributed by atoms with Crippen LogP contribution in [0.15, 0.2) is 0 Å². The van der Waals surface area contributed by atoms with E-state index in [1.54, 1.807) is 7.05 Å². The molecule has 1 heterocycles. The number of likely N-dealkylation sites (tertiary alicyclic amines) is 1. The molecule has 1 aliphatic rings. The molecule has 0 radical (unpaired) electrons. The molecule has 78 valence electrons. The van der Waals surface area contributed by atoms with Gasteiger partial charge in [0.2, 0.25) is 0 Å². The summed E-state index contributed by atoms with van der Waals surface area (Å²) in [6.45, 7) is 7.37. The summed E-state index contributed by atoms with van der Waals surface area (Å²) in [5, 5.41) is 21.4. The van der Waals surface area contributed by atoms with Crippen molar-refractivity contribution in [2.75, 3.05) is 20.1 Å². The van der Waals surface area contributed by atoms with Crippen LogP contribution < -0.4 is 0 Å². The fraction of sp³-hybridized carbons (Fsp3) is 1.00. The molecule has 1 saturated heterocycles. The van der Waals surface area contributed by atoms with Crippen LogP contribution in [0.4, 0.5) is 0 Å². The lowest BCUT2D eigenvalue weighted by Crippen LogP contribution is -2.54. The number of rotatable bonds is 0. The molecule has 3 nitrogen and oxygen atoms in total. The third-order valence-electron chi connectivity index (χ3n) is 3.06. The molecule has 0 amide bonds. The van der Waals surface area contributed by atoms with E-state index in [4.69, 9.17) is 0 Å². The molecular formula is C10H21NO2. The van der Waals surface area contributed by atoms with E-state index in [2.05, 4.69) is 20.8 Å². The zero-order valence-electron chi connectivity index (χ0n) is 9.08. The van der Waals surface area contributed by atoms with Crippen molar-refractivity contribution >= 4 is 0 Å². The smallest absolute Gasteiger partial charge is 0.107 e. The van der Waals surface area contributed by atoms with Crippen molar-refractivity contribution in [3.8, 4) is 0 Å². The summed E-state index contributed by atoms with van der Waals surface area (Å²) in [6, 6.07) is 0. The largest absolute Gasteiger partial charge is 0.633 e. The van der Waals surface area contributed by atoms with Crippen molar-refractivity contribution in [3.05, 3.63) is 5.21 Å². The maximum atomic E-state index is 11.6. The van der Waals surface area contributed by atoms with Gasteiger partial charge < -0.3 is 15.0 Å². The minimum Gasteiger partial charge on any atom is -0.633 e. The number of aliphatic hydroxyl groups is 1. The molecule has 0 aromatic carbocycles. The van der Waals surface area contributed by atoms with Gasteiger partial charge in [0.25, 0.3) is 0 Å². The normalized spacial score (nSPS) is 42.0. The molecule has 0 aliphatic carbocycles. The highest BCUT2D eigenvalue weighted by atomic mass is 16.5. The van der Waals surface area contributed by atoms with Gasteiger partial charge in [-0.3, -0.25) is 0 Å². The van der Waals surface area contributed by atoms with E-state index in [0.717, 1.165) is 6.42 Å². The Bertz CT molecular complexity index is 184. The standard InChI is InChI=1S/C10H21NO2/c1-10(2,3)8-5-6-11(4,13)7-9(8)12/h8-9,12H,5-7H2,1-4H3. The maximum Gasteiger partial charge on any atom is 0.107 e. The van der Waals surface area contributed by atoms with Crippen LogP contribution in [-0.4, -0.2) is 36.0 Å². The number of quaternary nitrogens is 1. The second-order valence-electron chi connectivity index (χ2n) is 5.53. The molecule has 1 fully saturated rings. The molecule has 3 atom stereocenters. The Balaban J connectivity index is 2.64. The number of hydrogen-bond donors (Lipinski definition) is 1. The Morgan fingerprint density at radius 1 is 1.38 bits per heavy atom. The van der Waals surface area contributed by atoms with Crippen LogP contribution in [0.25, 0.3) is 0 Å². The molecular weight excluding hydrogens is 166 g/mol. The van der Waals surface area contributed by atoms with Crippen molar-refractivity contribution in [2.24, 2.45) is 11.3 Å². The predicted octanol–water partition coefficient (Wildman–Crippen LogP) is 1.36. The van der Waals surface area contributed by atoms with Gasteiger partial charge in [0, 0.05) is 12.3 Å². The van der Waals surface area contributed by atoms with Gasteiger partial charge in [-0.1, -0.05) is 20.8 Å². The average molecular weight is 187 g/mol. The van der Waals surface area contributed by atoms with Gasteiger partial charge in [0.1, 0.15) is 12.6 Å². The second-order valence-corrected chi connectivity index (χ2v) is 5.53. The monoisotopic (exact) mass is 187 g/mol. The molecule has 0 bridgehead atoms. The van der Waals surface area contributed by atoms with Crippen LogP contribution >= 0.6 is 0 Å². The third kappa shape index (κ3) is 2.66. The van der Waals surface area contributed by atoms with Crippen LogP contribution in [0, 0.1) is 16.5 Å². The van der Waals surface area contributed by atoms with Crippen LogP contribution in [0.2, 0.25) is 0 Å². The highest BCUT2D eigenvalue weighted by molar-refractivity contribution is 4.83. The van der Waals surface area contributed by atoms with Gasteiger partial charge in [-0.15, -0.1) is 0 Å². The molecule has 0 aromatic rings. The first-order valence-corrected chi connectivity index (χ1v) is 4.96. The highest BCUT2D eigenvalue weighted by Gasteiger charge is 2.38. The minimum absolute atomic E-state index is 0.111. The molecule has 13 heavy (non-hydrogen) atoms. The molecule has 0 aromatic heterocycles. The van der Waals surface area contributed by atoms with E-state index in [1.807, 2.05) is 0 Å². The first-order valence-electron chi connectivity index (χ1n) is 4.96. The van der Waals surface area contributed by atoms with E-state index < -0.39 is 6.10 Å². The zero-order chi connectivity index (χ0) is 10.3. The minimum atomic E-state index is -0.434. The highest BCUT2D eigenvalue weighted by Crippen LogP contribution is 2.35. The van der Waals surface area contributed by atoms with Gasteiger partial charge in [-0.2, -0.15) is 0 Å². The zero-order valence-corrected chi connectivity index (χ0v) is 9.08. The van der Waals surface area contributed by atoms with Crippen molar-refractivity contribution < 1.29 is 9.75 Å². The Kier molecular flexibility index (Phi) is 2.72. The number of nitrogens with zero attached hydrogens (tertiary/aromatic N) is 1. The summed E-state index contributed by atoms with van der Waals surface area (Å²) in [4.78, 5) is 0. The van der Waals surface area contributed by atoms with Crippen molar-refractivity contribution in [1.29, 1.82) is 0 Å². The van der Waals surface area contributed by atoms with Crippen molar-refractivity contribution in [3.63, 3.8) is 0 Å². The van der Waals surface area contributed by atoms with E-state index in [0.29, 0.717) is 13.1 Å². The van der Waals surface area contributed by atoms with Crippen molar-refractivity contribution in [2.45, 2.75) is 33.3 Å². The fourth-order valence-corrected chi connectivity index (χ4v) is 2.23. The van der Waals surface area contributed by atoms with E-state index in [-0.39, 0.29) is 16.0 Å². The van der Waals surface area contributed by atoms with E-state index in [1.165, 1.54) is 0 Å². The lowest BCUT2D eigenvalue weighted by molar-refractivity contribution is -0.871. The lowest BCUT2D eigenvalue weighted by Gasteiger charge is -2.49. The van der Waals surface area contributed by atoms with Crippen LogP contribution in [0.5, 0.6) is 0 Å². The quantitative estimate of drug-likeness (QED) is 0.459. The topological polar surface area (TPSA) is 43.3 Å². The van der Waals surface area contributed by atoms with Crippen LogP contribution in [0.1, 0.15) is 27.2 Å². The fourth-order valence-electron chi connectivity index (χ4n) is 2.23. The summed E-state index contributed by atoms with van der Waals surface area (Å²) in [5.74, 6) is 0.271. The van der Waals surface area contributed by atoms with E-state index in [9.17, 15) is 10.3 Å². The summed E-state index contributed by atoms with van der Waals surface area (Å²) in [7, 11) is 1.64. The summed E-state index contributed by atoms with van der Waals surface area (Å²) in [5.41, 5.74) is 0.111. The van der Waals surface area contributed by atoms with Crippen LogP contribution in [-0.2, 0) is 0 Å². The van der Waals surface area contributed by atoms with Gasteiger partial charge in [-0.25, -0.2) is 0 Å². The molecule has 0 spiro atoms. The second kappa shape index (κ2) is 3.23. The lowest BCUT2D eigenvalue weighted by atomic mass is 9.73. The Morgan fingerprint density at radius 2 is 1.92 bits per heavy atom. The van der Waals surface area contributed by atoms with Crippen molar-refractivity contribution in [1.82, 2.24) is 0 Å². The molecule has 1 rings (SSSR count). The Labute approximate surface area is 80.5 Å². The first kappa shape index (κ1) is 11.0. The van der Waals surface area contributed by atoms with Gasteiger partial charge in [0.05, 0.1) is 13.6 Å². The van der Waals surface area contributed by atoms with Gasteiger partial charge in [0.15, 0.2) is 0 Å². The molecule has 1 aliphatic heterocycles. The molecule has 3 heteroatoms. The number of likely N-dealkylation sites (N-methyl/N-ethyl adjacent to an activating group) is 1. The number of hydroxylamine groups is 3. The maximum absolute atomic E-state index is 11.6. The number of hydrogen-bond acceptors (Lipinski definition) is 2. The average Bonchev–Trinajstić information content (AvgIpc) is 1.80. The first-order chi connectivity index (χ1) is 5.72. The molecule has 1 N–H and O–H groups in total. The third-order valence-corrected chi connectivity index (χ3v) is 3.06. The SMILES string of the molecule is CC(C)(C)C1CC[N+](C)([O-])CC1O. The van der Waals surface area contributed by atoms with Crippen LogP contribution in [0.3, 0.4) is 0 Å². The Morgan fingerprint density at radius 3 is 2.31 bits per heavy atom. The molecule has 0 saturated carbocycles. The summed E-state index contributed by atoms with van der Waals surface area (Å²) in [6.07, 6.45) is 0.404. The van der Waals surface area contributed by atoms with E-state index >= 15 is 0 Å². The van der Waals surface area contributed by atoms with Gasteiger partial charge in [-0.05, 0) is 5.41 Å². The number of aliphatic hydroxyl groups excluding tert-OH is 1. The Hall–Kier alpha value is -0.120.